The number of nitrogens with zero attached hydrogens (tertiary/aromatic N) is 3. The van der Waals surface area contributed by atoms with E-state index in [0.717, 1.165) is 5.56 Å². The number of hydrogen-bond donors (Lipinski definition) is 2. The molecule has 10 heteroatoms. The average molecular weight is 429 g/mol. The largest absolute Gasteiger partial charge is 0.484 e. The van der Waals surface area contributed by atoms with Gasteiger partial charge in [0.15, 0.2) is 12.6 Å². The highest BCUT2D eigenvalue weighted by Crippen LogP contribution is 2.20. The number of benzene rings is 1. The molecule has 168 valence electrons. The van der Waals surface area contributed by atoms with E-state index in [-0.39, 0.29) is 18.6 Å². The van der Waals surface area contributed by atoms with Gasteiger partial charge in [-0.25, -0.2) is 4.99 Å². The zero-order valence-corrected chi connectivity index (χ0v) is 17.6. The number of nitrogens with one attached hydrogen (secondary N) is 2. The molecule has 1 saturated heterocycles. The van der Waals surface area contributed by atoms with Crippen LogP contribution in [0.2, 0.25) is 0 Å². The van der Waals surface area contributed by atoms with E-state index in [1.165, 1.54) is 9.80 Å². The number of hydrogen-bond acceptors (Lipinski definition) is 4. The SMILES string of the molecule is CCNC(=NCc1cccc(OCC(=O)N(C)C)c1)NC1CCN(CC(F)(F)F)C1. The van der Waals surface area contributed by atoms with Crippen molar-refractivity contribution in [2.24, 2.45) is 4.99 Å². The molecular weight excluding hydrogens is 399 g/mol. The van der Waals surface area contributed by atoms with Crippen molar-refractivity contribution in [3.05, 3.63) is 29.8 Å². The molecular formula is C20H30F3N5O2. The van der Waals surface area contributed by atoms with Crippen LogP contribution in [0, 0.1) is 0 Å². The maximum absolute atomic E-state index is 12.6. The number of guanidine groups is 1. The monoisotopic (exact) mass is 429 g/mol. The van der Waals surface area contributed by atoms with Crippen LogP contribution in [0.25, 0.3) is 0 Å². The third-order valence-electron chi connectivity index (χ3n) is 4.54. The molecule has 30 heavy (non-hydrogen) atoms. The number of alkyl halides is 3. The first-order valence-corrected chi connectivity index (χ1v) is 9.92. The number of rotatable bonds is 8. The lowest BCUT2D eigenvalue weighted by atomic mass is 10.2. The summed E-state index contributed by atoms with van der Waals surface area (Å²) in [5.41, 5.74) is 0.895. The zero-order chi connectivity index (χ0) is 22.1. The molecule has 0 aliphatic carbocycles. The molecule has 0 aromatic heterocycles. The summed E-state index contributed by atoms with van der Waals surface area (Å²) in [6.45, 7) is 2.74. The van der Waals surface area contributed by atoms with E-state index in [2.05, 4.69) is 15.6 Å². The summed E-state index contributed by atoms with van der Waals surface area (Å²) in [5, 5.41) is 6.35. The summed E-state index contributed by atoms with van der Waals surface area (Å²) in [5.74, 6) is 1.01. The van der Waals surface area contributed by atoms with E-state index in [1.54, 1.807) is 20.2 Å². The smallest absolute Gasteiger partial charge is 0.401 e. The van der Waals surface area contributed by atoms with Crippen molar-refractivity contribution in [2.75, 3.05) is 46.9 Å². The predicted octanol–water partition coefficient (Wildman–Crippen LogP) is 1.85. The van der Waals surface area contributed by atoms with Crippen LogP contribution in [-0.2, 0) is 11.3 Å². The lowest BCUT2D eigenvalue weighted by Gasteiger charge is -2.19. The predicted molar refractivity (Wildman–Crippen MR) is 109 cm³/mol. The first-order chi connectivity index (χ1) is 14.2. The number of amides is 1. The Labute approximate surface area is 175 Å². The van der Waals surface area contributed by atoms with Crippen LogP contribution in [0.5, 0.6) is 5.75 Å². The summed E-state index contributed by atoms with van der Waals surface area (Å²) in [6.07, 6.45) is -3.55. The Hall–Kier alpha value is -2.49. The Morgan fingerprint density at radius 1 is 1.37 bits per heavy atom. The molecule has 1 unspecified atom stereocenters. The molecule has 2 rings (SSSR count). The minimum absolute atomic E-state index is 0.0416. The number of likely N-dealkylation sites (tertiary alicyclic amines) is 1. The van der Waals surface area contributed by atoms with Crippen molar-refractivity contribution in [3.8, 4) is 5.75 Å². The van der Waals surface area contributed by atoms with Crippen LogP contribution < -0.4 is 15.4 Å². The van der Waals surface area contributed by atoms with Crippen molar-refractivity contribution < 1.29 is 22.7 Å². The van der Waals surface area contributed by atoms with E-state index < -0.39 is 12.7 Å². The number of carbonyl (C=O) groups excluding carboxylic acids is 1. The highest BCUT2D eigenvalue weighted by molar-refractivity contribution is 5.80. The van der Waals surface area contributed by atoms with E-state index in [1.807, 2.05) is 25.1 Å². The highest BCUT2D eigenvalue weighted by atomic mass is 19.4. The fourth-order valence-corrected chi connectivity index (χ4v) is 3.04. The summed E-state index contributed by atoms with van der Waals surface area (Å²) >= 11 is 0. The van der Waals surface area contributed by atoms with Gasteiger partial charge in [-0.3, -0.25) is 9.69 Å². The zero-order valence-electron chi connectivity index (χ0n) is 17.6. The summed E-state index contributed by atoms with van der Waals surface area (Å²) < 4.78 is 43.2. The van der Waals surface area contributed by atoms with Gasteiger partial charge in [0.05, 0.1) is 13.1 Å². The molecule has 1 atom stereocenters. The van der Waals surface area contributed by atoms with Crippen LogP contribution in [0.15, 0.2) is 29.3 Å². The maximum atomic E-state index is 12.6. The number of likely N-dealkylation sites (N-methyl/N-ethyl adjacent to an activating group) is 1. The molecule has 0 bridgehead atoms. The Morgan fingerprint density at radius 3 is 2.80 bits per heavy atom. The van der Waals surface area contributed by atoms with Crippen LogP contribution in [-0.4, -0.2) is 80.8 Å². The van der Waals surface area contributed by atoms with Gasteiger partial charge in [-0.1, -0.05) is 12.1 Å². The minimum Gasteiger partial charge on any atom is -0.484 e. The average Bonchev–Trinajstić information content (AvgIpc) is 3.09. The van der Waals surface area contributed by atoms with Crippen molar-refractivity contribution >= 4 is 11.9 Å². The van der Waals surface area contributed by atoms with Crippen LogP contribution in [0.4, 0.5) is 13.2 Å². The normalized spacial score (nSPS) is 17.7. The first-order valence-electron chi connectivity index (χ1n) is 9.92. The fourth-order valence-electron chi connectivity index (χ4n) is 3.04. The Bertz CT molecular complexity index is 725. The number of carbonyl (C=O) groups is 1. The lowest BCUT2D eigenvalue weighted by molar-refractivity contribution is -0.143. The second kappa shape index (κ2) is 11.1. The number of ether oxygens (including phenoxy) is 1. The van der Waals surface area contributed by atoms with Gasteiger partial charge in [0.2, 0.25) is 0 Å². The third-order valence-corrected chi connectivity index (χ3v) is 4.54. The van der Waals surface area contributed by atoms with Crippen LogP contribution >= 0.6 is 0 Å². The number of halogens is 3. The Balaban J connectivity index is 1.91. The van der Waals surface area contributed by atoms with Gasteiger partial charge in [0, 0.05) is 39.8 Å². The molecule has 0 saturated carbocycles. The van der Waals surface area contributed by atoms with E-state index in [0.29, 0.717) is 44.3 Å². The molecule has 0 spiro atoms. The lowest BCUT2D eigenvalue weighted by Crippen LogP contribution is -2.45. The summed E-state index contributed by atoms with van der Waals surface area (Å²) in [7, 11) is 3.33. The maximum Gasteiger partial charge on any atom is 0.401 e. The Kier molecular flexibility index (Phi) is 8.76. The van der Waals surface area contributed by atoms with Crippen molar-refractivity contribution in [1.82, 2.24) is 20.4 Å². The minimum atomic E-state index is -4.18. The van der Waals surface area contributed by atoms with E-state index in [9.17, 15) is 18.0 Å². The second-order valence-electron chi connectivity index (χ2n) is 7.40. The molecule has 7 nitrogen and oxygen atoms in total. The summed E-state index contributed by atoms with van der Waals surface area (Å²) in [6, 6.07) is 7.22. The quantitative estimate of drug-likeness (QED) is 0.488. The molecule has 2 N–H and O–H groups in total. The van der Waals surface area contributed by atoms with Gasteiger partial charge in [-0.15, -0.1) is 0 Å². The fraction of sp³-hybridized carbons (Fsp3) is 0.600. The van der Waals surface area contributed by atoms with Crippen molar-refractivity contribution in [1.29, 1.82) is 0 Å². The molecule has 1 amide bonds. The van der Waals surface area contributed by atoms with E-state index in [4.69, 9.17) is 4.74 Å². The second-order valence-corrected chi connectivity index (χ2v) is 7.40. The van der Waals surface area contributed by atoms with Gasteiger partial charge < -0.3 is 20.3 Å². The van der Waals surface area contributed by atoms with Gasteiger partial charge in [0.25, 0.3) is 5.91 Å². The van der Waals surface area contributed by atoms with Crippen molar-refractivity contribution in [3.63, 3.8) is 0 Å². The summed E-state index contributed by atoms with van der Waals surface area (Å²) in [4.78, 5) is 19.0. The molecule has 1 fully saturated rings. The molecule has 1 aromatic carbocycles. The molecule has 1 aliphatic rings. The molecule has 0 radical (unpaired) electrons. The van der Waals surface area contributed by atoms with Crippen LogP contribution in [0.1, 0.15) is 18.9 Å². The van der Waals surface area contributed by atoms with Crippen LogP contribution in [0.3, 0.4) is 0 Å². The number of aliphatic imine (C=N–C) groups is 1. The van der Waals surface area contributed by atoms with Gasteiger partial charge in [0.1, 0.15) is 5.75 Å². The van der Waals surface area contributed by atoms with Crippen molar-refractivity contribution in [2.45, 2.75) is 32.1 Å². The van der Waals surface area contributed by atoms with Gasteiger partial charge >= 0.3 is 6.18 Å². The Morgan fingerprint density at radius 2 is 2.13 bits per heavy atom. The highest BCUT2D eigenvalue weighted by Gasteiger charge is 2.34. The van der Waals surface area contributed by atoms with E-state index >= 15 is 0 Å². The molecule has 1 aromatic rings. The van der Waals surface area contributed by atoms with Gasteiger partial charge in [-0.2, -0.15) is 13.2 Å². The third kappa shape index (κ3) is 8.48. The molecule has 1 aliphatic heterocycles. The standard InChI is InChI=1S/C20H30F3N5O2/c1-4-24-19(26-16-8-9-28(12-16)14-20(21,22)23)25-11-15-6-5-7-17(10-15)30-13-18(29)27(2)3/h5-7,10,16H,4,8-9,11-14H2,1-3H3,(H2,24,25,26). The topological polar surface area (TPSA) is 69.2 Å². The molecule has 1 heterocycles. The van der Waals surface area contributed by atoms with Gasteiger partial charge in [-0.05, 0) is 31.0 Å². The first kappa shape index (κ1) is 23.8.